The van der Waals surface area contributed by atoms with Gasteiger partial charge >= 0.3 is 0 Å². The van der Waals surface area contributed by atoms with E-state index in [2.05, 4.69) is 57.3 Å². The van der Waals surface area contributed by atoms with Crippen LogP contribution in [-0.4, -0.2) is 11.5 Å². The third-order valence-electron chi connectivity index (χ3n) is 3.46. The number of benzene rings is 1. The van der Waals surface area contributed by atoms with Crippen molar-refractivity contribution in [1.29, 1.82) is 0 Å². The Morgan fingerprint density at radius 3 is 2.58 bits per heavy atom. The van der Waals surface area contributed by atoms with Gasteiger partial charge in [-0.2, -0.15) is 0 Å². The van der Waals surface area contributed by atoms with Crippen molar-refractivity contribution in [3.05, 3.63) is 35.5 Å². The number of fused-ring (bicyclic) bond motifs is 1. The van der Waals surface area contributed by atoms with Crippen molar-refractivity contribution >= 4 is 16.6 Å². The minimum Gasteiger partial charge on any atom is -0.384 e. The van der Waals surface area contributed by atoms with Gasteiger partial charge in [0.25, 0.3) is 0 Å². The summed E-state index contributed by atoms with van der Waals surface area (Å²) >= 11 is 0. The lowest BCUT2D eigenvalue weighted by Gasteiger charge is -2.14. The second-order valence-electron chi connectivity index (χ2n) is 5.38. The van der Waals surface area contributed by atoms with Gasteiger partial charge in [-0.3, -0.25) is 4.98 Å². The van der Waals surface area contributed by atoms with Crippen LogP contribution in [0, 0.1) is 0 Å². The lowest BCUT2D eigenvalue weighted by atomic mass is 10.0. The van der Waals surface area contributed by atoms with Gasteiger partial charge in [-0.15, -0.1) is 0 Å². The van der Waals surface area contributed by atoms with Crippen molar-refractivity contribution in [2.75, 3.05) is 11.9 Å². The summed E-state index contributed by atoms with van der Waals surface area (Å²) in [6.07, 6.45) is 2.20. The summed E-state index contributed by atoms with van der Waals surface area (Å²) in [6.45, 7) is 9.77. The van der Waals surface area contributed by atoms with E-state index in [1.54, 1.807) is 0 Å². The van der Waals surface area contributed by atoms with Crippen molar-refractivity contribution in [2.24, 2.45) is 0 Å². The van der Waals surface area contributed by atoms with E-state index < -0.39 is 0 Å². The number of nitrogens with one attached hydrogen (secondary N) is 1. The number of aromatic nitrogens is 1. The summed E-state index contributed by atoms with van der Waals surface area (Å²) in [4.78, 5) is 4.78. The first-order valence-corrected chi connectivity index (χ1v) is 7.33. The smallest absolute Gasteiger partial charge is 0.0726 e. The zero-order chi connectivity index (χ0) is 13.8. The molecule has 0 spiro atoms. The van der Waals surface area contributed by atoms with Gasteiger partial charge in [-0.05, 0) is 42.5 Å². The quantitative estimate of drug-likeness (QED) is 0.835. The van der Waals surface area contributed by atoms with Crippen molar-refractivity contribution < 1.29 is 0 Å². The number of pyridine rings is 1. The van der Waals surface area contributed by atoms with E-state index in [1.165, 1.54) is 16.6 Å². The predicted molar refractivity (Wildman–Crippen MR) is 84.0 cm³/mol. The van der Waals surface area contributed by atoms with Crippen LogP contribution in [0.5, 0.6) is 0 Å². The molecule has 2 nitrogen and oxygen atoms in total. The number of rotatable bonds is 5. The van der Waals surface area contributed by atoms with Crippen LogP contribution in [0.15, 0.2) is 24.3 Å². The van der Waals surface area contributed by atoms with Crippen molar-refractivity contribution in [1.82, 2.24) is 4.98 Å². The molecule has 1 aromatic carbocycles. The highest BCUT2D eigenvalue weighted by Crippen LogP contribution is 2.27. The van der Waals surface area contributed by atoms with Gasteiger partial charge in [0.1, 0.15) is 0 Å². The Morgan fingerprint density at radius 2 is 1.95 bits per heavy atom. The maximum Gasteiger partial charge on any atom is 0.0726 e. The standard InChI is InChI=1S/C17H24N2/c1-5-9-18-17-11-16(12(3)4)19-15-8-7-13(6-2)10-14(15)17/h7-8,10-12H,5-6,9H2,1-4H3,(H,18,19). The molecule has 0 fully saturated rings. The first kappa shape index (κ1) is 13.9. The lowest BCUT2D eigenvalue weighted by molar-refractivity contribution is 0.829. The SMILES string of the molecule is CCCNc1cc(C(C)C)nc2ccc(CC)cc12. The van der Waals surface area contributed by atoms with Gasteiger partial charge in [0.15, 0.2) is 0 Å². The van der Waals surface area contributed by atoms with E-state index in [0.29, 0.717) is 5.92 Å². The molecule has 0 radical (unpaired) electrons. The third kappa shape index (κ3) is 3.06. The molecule has 0 amide bonds. The molecule has 19 heavy (non-hydrogen) atoms. The first-order valence-electron chi connectivity index (χ1n) is 7.33. The van der Waals surface area contributed by atoms with Crippen LogP contribution in [0.2, 0.25) is 0 Å². The second-order valence-corrected chi connectivity index (χ2v) is 5.38. The van der Waals surface area contributed by atoms with Crippen LogP contribution in [-0.2, 0) is 6.42 Å². The molecule has 2 rings (SSSR count). The summed E-state index contributed by atoms with van der Waals surface area (Å²) < 4.78 is 0. The molecule has 0 aliphatic rings. The van der Waals surface area contributed by atoms with Crippen LogP contribution < -0.4 is 5.32 Å². The fraction of sp³-hybridized carbons (Fsp3) is 0.471. The van der Waals surface area contributed by atoms with E-state index in [0.717, 1.165) is 30.6 Å². The van der Waals surface area contributed by atoms with Crippen LogP contribution in [0.25, 0.3) is 10.9 Å². The van der Waals surface area contributed by atoms with E-state index >= 15 is 0 Å². The lowest BCUT2D eigenvalue weighted by Crippen LogP contribution is -2.03. The van der Waals surface area contributed by atoms with Crippen LogP contribution in [0.1, 0.15) is 51.3 Å². The summed E-state index contributed by atoms with van der Waals surface area (Å²) in [6, 6.07) is 8.81. The highest BCUT2D eigenvalue weighted by molar-refractivity contribution is 5.92. The van der Waals surface area contributed by atoms with Crippen LogP contribution >= 0.6 is 0 Å². The zero-order valence-corrected chi connectivity index (χ0v) is 12.5. The molecule has 0 aliphatic heterocycles. The van der Waals surface area contributed by atoms with Gasteiger partial charge in [0.2, 0.25) is 0 Å². The summed E-state index contributed by atoms with van der Waals surface area (Å²) in [5, 5.41) is 4.79. The molecule has 0 saturated carbocycles. The summed E-state index contributed by atoms with van der Waals surface area (Å²) in [5.41, 5.74) is 4.86. The molecule has 1 heterocycles. The maximum atomic E-state index is 4.78. The number of anilines is 1. The van der Waals surface area contributed by atoms with Gasteiger partial charge in [-0.1, -0.05) is 33.8 Å². The first-order chi connectivity index (χ1) is 9.15. The maximum absolute atomic E-state index is 4.78. The number of hydrogen-bond acceptors (Lipinski definition) is 2. The van der Waals surface area contributed by atoms with Crippen molar-refractivity contribution in [3.8, 4) is 0 Å². The predicted octanol–water partition coefficient (Wildman–Crippen LogP) is 4.74. The fourth-order valence-electron chi connectivity index (χ4n) is 2.22. The molecule has 2 heteroatoms. The average molecular weight is 256 g/mol. The van der Waals surface area contributed by atoms with Gasteiger partial charge in [0.05, 0.1) is 5.52 Å². The Labute approximate surface area is 116 Å². The Morgan fingerprint density at radius 1 is 1.16 bits per heavy atom. The molecular weight excluding hydrogens is 232 g/mol. The minimum atomic E-state index is 0.456. The minimum absolute atomic E-state index is 0.456. The fourth-order valence-corrected chi connectivity index (χ4v) is 2.22. The Bertz CT molecular complexity index is 558. The van der Waals surface area contributed by atoms with E-state index in [4.69, 9.17) is 4.98 Å². The number of aryl methyl sites for hydroxylation is 1. The Balaban J connectivity index is 2.56. The van der Waals surface area contributed by atoms with Gasteiger partial charge < -0.3 is 5.32 Å². The molecule has 0 unspecified atom stereocenters. The number of nitrogens with zero attached hydrogens (tertiary/aromatic N) is 1. The number of hydrogen-bond donors (Lipinski definition) is 1. The molecule has 0 atom stereocenters. The highest BCUT2D eigenvalue weighted by Gasteiger charge is 2.08. The summed E-state index contributed by atoms with van der Waals surface area (Å²) in [7, 11) is 0. The summed E-state index contributed by atoms with van der Waals surface area (Å²) in [5.74, 6) is 0.456. The van der Waals surface area contributed by atoms with Crippen molar-refractivity contribution in [2.45, 2.75) is 46.5 Å². The van der Waals surface area contributed by atoms with E-state index in [1.807, 2.05) is 0 Å². The highest BCUT2D eigenvalue weighted by atomic mass is 14.9. The van der Waals surface area contributed by atoms with Gasteiger partial charge in [-0.25, -0.2) is 0 Å². The average Bonchev–Trinajstić information content (AvgIpc) is 2.43. The van der Waals surface area contributed by atoms with Crippen LogP contribution in [0.4, 0.5) is 5.69 Å². The molecule has 2 aromatic rings. The third-order valence-corrected chi connectivity index (χ3v) is 3.46. The van der Waals surface area contributed by atoms with E-state index in [9.17, 15) is 0 Å². The molecule has 1 N–H and O–H groups in total. The van der Waals surface area contributed by atoms with Crippen molar-refractivity contribution in [3.63, 3.8) is 0 Å². The Hall–Kier alpha value is -1.57. The van der Waals surface area contributed by atoms with E-state index in [-0.39, 0.29) is 0 Å². The molecule has 102 valence electrons. The van der Waals surface area contributed by atoms with Crippen LogP contribution in [0.3, 0.4) is 0 Å². The monoisotopic (exact) mass is 256 g/mol. The molecule has 0 aliphatic carbocycles. The molecule has 0 saturated heterocycles. The zero-order valence-electron chi connectivity index (χ0n) is 12.5. The van der Waals surface area contributed by atoms with Gasteiger partial charge in [0, 0.05) is 23.3 Å². The Kier molecular flexibility index (Phi) is 4.41. The topological polar surface area (TPSA) is 24.9 Å². The molecule has 1 aromatic heterocycles. The largest absolute Gasteiger partial charge is 0.384 e. The normalized spacial score (nSPS) is 11.2. The molecular formula is C17H24N2. The molecule has 0 bridgehead atoms. The second kappa shape index (κ2) is 6.05.